The number of primary amides is 1. The van der Waals surface area contributed by atoms with Crippen LogP contribution >= 0.6 is 0 Å². The van der Waals surface area contributed by atoms with E-state index in [2.05, 4.69) is 46.2 Å². The monoisotopic (exact) mass is 552 g/mol. The summed E-state index contributed by atoms with van der Waals surface area (Å²) < 4.78 is 12.8. The Balaban J connectivity index is 1.42. The SMILES string of the molecule is CCN(CC)c1ccc(-c2cn(-c3ncccc3C(=O)NC(Cc3ccccc3)C3(C(N)=O)OC=CO3)cn2)cc1. The van der Waals surface area contributed by atoms with Gasteiger partial charge in [-0.1, -0.05) is 42.5 Å². The van der Waals surface area contributed by atoms with Crippen LogP contribution in [0.2, 0.25) is 0 Å². The van der Waals surface area contributed by atoms with Crippen molar-refractivity contribution in [3.63, 3.8) is 0 Å². The maximum atomic E-state index is 13.7. The van der Waals surface area contributed by atoms with Crippen LogP contribution < -0.4 is 16.0 Å². The zero-order valence-electron chi connectivity index (χ0n) is 22.9. The van der Waals surface area contributed by atoms with Crippen LogP contribution in [0.25, 0.3) is 17.1 Å². The quantitative estimate of drug-likeness (QED) is 0.290. The maximum absolute atomic E-state index is 13.7. The summed E-state index contributed by atoms with van der Waals surface area (Å²) >= 11 is 0. The van der Waals surface area contributed by atoms with Gasteiger partial charge < -0.3 is 25.4 Å². The van der Waals surface area contributed by atoms with Crippen molar-refractivity contribution in [2.45, 2.75) is 32.1 Å². The summed E-state index contributed by atoms with van der Waals surface area (Å²) in [5.74, 6) is -2.86. The molecule has 0 radical (unpaired) electrons. The number of imidazole rings is 1. The number of pyridine rings is 1. The lowest BCUT2D eigenvalue weighted by Crippen LogP contribution is -2.61. The molecular formula is C31H32N6O4. The Kier molecular flexibility index (Phi) is 8.00. The first-order valence-corrected chi connectivity index (χ1v) is 13.4. The number of carbonyl (C=O) groups excluding carboxylic acids is 2. The molecule has 10 heteroatoms. The third-order valence-corrected chi connectivity index (χ3v) is 7.08. The molecule has 2 amide bonds. The van der Waals surface area contributed by atoms with Crippen LogP contribution in [0, 0.1) is 0 Å². The molecule has 1 unspecified atom stereocenters. The van der Waals surface area contributed by atoms with Crippen molar-refractivity contribution in [2.75, 3.05) is 18.0 Å². The van der Waals surface area contributed by atoms with Gasteiger partial charge in [0.1, 0.15) is 24.9 Å². The number of aromatic nitrogens is 3. The van der Waals surface area contributed by atoms with E-state index in [1.54, 1.807) is 29.2 Å². The second kappa shape index (κ2) is 12.0. The van der Waals surface area contributed by atoms with E-state index < -0.39 is 23.6 Å². The van der Waals surface area contributed by atoms with Crippen LogP contribution in [-0.4, -0.2) is 51.3 Å². The third kappa shape index (κ3) is 5.62. The number of rotatable bonds is 11. The Bertz CT molecular complexity index is 1520. The predicted molar refractivity (Wildman–Crippen MR) is 155 cm³/mol. The molecular weight excluding hydrogens is 520 g/mol. The van der Waals surface area contributed by atoms with E-state index in [0.29, 0.717) is 5.82 Å². The molecule has 0 fully saturated rings. The molecule has 3 N–H and O–H groups in total. The highest BCUT2D eigenvalue weighted by atomic mass is 16.7. The first-order chi connectivity index (χ1) is 19.9. The average Bonchev–Trinajstić information content (AvgIpc) is 3.70. The largest absolute Gasteiger partial charge is 0.447 e. The zero-order valence-corrected chi connectivity index (χ0v) is 22.9. The van der Waals surface area contributed by atoms with Crippen molar-refractivity contribution >= 4 is 17.5 Å². The molecule has 1 aliphatic heterocycles. The van der Waals surface area contributed by atoms with Gasteiger partial charge in [0.2, 0.25) is 0 Å². The third-order valence-electron chi connectivity index (χ3n) is 7.08. The van der Waals surface area contributed by atoms with Crippen molar-refractivity contribution in [1.82, 2.24) is 19.9 Å². The summed E-state index contributed by atoms with van der Waals surface area (Å²) in [5, 5.41) is 2.91. The molecule has 5 rings (SSSR count). The number of amides is 2. The highest BCUT2D eigenvalue weighted by Crippen LogP contribution is 2.28. The van der Waals surface area contributed by atoms with Gasteiger partial charge in [-0.25, -0.2) is 9.97 Å². The Labute approximate surface area is 238 Å². The van der Waals surface area contributed by atoms with Crippen molar-refractivity contribution in [3.8, 4) is 17.1 Å². The average molecular weight is 553 g/mol. The predicted octanol–water partition coefficient (Wildman–Crippen LogP) is 3.82. The Hall–Kier alpha value is -5.12. The maximum Gasteiger partial charge on any atom is 0.352 e. The molecule has 2 aromatic heterocycles. The van der Waals surface area contributed by atoms with E-state index in [9.17, 15) is 9.59 Å². The van der Waals surface area contributed by atoms with E-state index in [0.717, 1.165) is 35.6 Å². The molecule has 0 bridgehead atoms. The van der Waals surface area contributed by atoms with E-state index in [1.807, 2.05) is 48.7 Å². The van der Waals surface area contributed by atoms with Gasteiger partial charge in [-0.2, -0.15) is 0 Å². The fourth-order valence-electron chi connectivity index (χ4n) is 4.90. The molecule has 41 heavy (non-hydrogen) atoms. The zero-order chi connectivity index (χ0) is 28.8. The summed E-state index contributed by atoms with van der Waals surface area (Å²) in [6.45, 7) is 6.11. The summed E-state index contributed by atoms with van der Waals surface area (Å²) in [7, 11) is 0. The van der Waals surface area contributed by atoms with E-state index in [1.165, 1.54) is 12.5 Å². The number of carbonyl (C=O) groups is 2. The molecule has 210 valence electrons. The number of nitrogens with two attached hydrogens (primary N) is 1. The van der Waals surface area contributed by atoms with E-state index in [4.69, 9.17) is 15.2 Å². The number of nitrogens with zero attached hydrogens (tertiary/aromatic N) is 4. The fraction of sp³-hybridized carbons (Fsp3) is 0.226. The van der Waals surface area contributed by atoms with Gasteiger partial charge in [0.05, 0.1) is 11.3 Å². The molecule has 3 heterocycles. The fourth-order valence-corrected chi connectivity index (χ4v) is 4.90. The lowest BCUT2D eigenvalue weighted by Gasteiger charge is -2.33. The van der Waals surface area contributed by atoms with Gasteiger partial charge >= 0.3 is 11.7 Å². The lowest BCUT2D eigenvalue weighted by atomic mass is 9.97. The van der Waals surface area contributed by atoms with Crippen molar-refractivity contribution in [1.29, 1.82) is 0 Å². The summed E-state index contributed by atoms with van der Waals surface area (Å²) in [4.78, 5) is 37.6. The molecule has 0 saturated heterocycles. The minimum absolute atomic E-state index is 0.228. The topological polar surface area (TPSA) is 125 Å². The Morgan fingerprint density at radius 2 is 1.68 bits per heavy atom. The van der Waals surface area contributed by atoms with Crippen LogP contribution in [-0.2, 0) is 20.7 Å². The van der Waals surface area contributed by atoms with Crippen molar-refractivity contribution < 1.29 is 19.1 Å². The molecule has 10 nitrogen and oxygen atoms in total. The molecule has 2 aromatic carbocycles. The van der Waals surface area contributed by atoms with Gasteiger partial charge in [0.15, 0.2) is 5.82 Å². The van der Waals surface area contributed by atoms with Gasteiger partial charge in [-0.3, -0.25) is 14.2 Å². The molecule has 4 aromatic rings. The van der Waals surface area contributed by atoms with Crippen LogP contribution in [0.4, 0.5) is 5.69 Å². The molecule has 0 spiro atoms. The van der Waals surface area contributed by atoms with Crippen molar-refractivity contribution in [2.24, 2.45) is 5.73 Å². The Morgan fingerprint density at radius 1 is 0.976 bits per heavy atom. The van der Waals surface area contributed by atoms with Crippen molar-refractivity contribution in [3.05, 3.63) is 109 Å². The first-order valence-electron chi connectivity index (χ1n) is 13.4. The summed E-state index contributed by atoms with van der Waals surface area (Å²) in [6, 6.07) is 20.0. The number of benzene rings is 2. The van der Waals surface area contributed by atoms with Gasteiger partial charge in [0, 0.05) is 43.2 Å². The molecule has 1 atom stereocenters. The molecule has 1 aliphatic rings. The smallest absolute Gasteiger partial charge is 0.352 e. The number of hydrogen-bond donors (Lipinski definition) is 2. The van der Waals surface area contributed by atoms with Crippen LogP contribution in [0.1, 0.15) is 29.8 Å². The highest BCUT2D eigenvalue weighted by Gasteiger charge is 2.51. The van der Waals surface area contributed by atoms with E-state index >= 15 is 0 Å². The van der Waals surface area contributed by atoms with Gasteiger partial charge in [-0.05, 0) is 43.7 Å². The minimum atomic E-state index is -1.90. The second-order valence-corrected chi connectivity index (χ2v) is 9.52. The van der Waals surface area contributed by atoms with E-state index in [-0.39, 0.29) is 12.0 Å². The lowest BCUT2D eigenvalue weighted by molar-refractivity contribution is -0.182. The van der Waals surface area contributed by atoms with Crippen LogP contribution in [0.15, 0.2) is 98.0 Å². The minimum Gasteiger partial charge on any atom is -0.447 e. The number of hydrogen-bond acceptors (Lipinski definition) is 7. The normalized spacial score (nSPS) is 14.1. The van der Waals surface area contributed by atoms with Gasteiger partial charge in [0.25, 0.3) is 5.91 Å². The van der Waals surface area contributed by atoms with Crippen LogP contribution in [0.5, 0.6) is 0 Å². The van der Waals surface area contributed by atoms with Gasteiger partial charge in [-0.15, -0.1) is 0 Å². The first kappa shape index (κ1) is 27.4. The molecule has 0 saturated carbocycles. The molecule has 0 aliphatic carbocycles. The number of nitrogens with one attached hydrogen (secondary N) is 1. The summed E-state index contributed by atoms with van der Waals surface area (Å²) in [5.41, 5.74) is 9.67. The number of anilines is 1. The van der Waals surface area contributed by atoms with Crippen LogP contribution in [0.3, 0.4) is 0 Å². The summed E-state index contributed by atoms with van der Waals surface area (Å²) in [6.07, 6.45) is 7.75. The number of ether oxygens (including phenoxy) is 2. The Morgan fingerprint density at radius 3 is 2.34 bits per heavy atom. The second-order valence-electron chi connectivity index (χ2n) is 9.52. The standard InChI is InChI=1S/C31H32N6O4/c1-3-36(4-2)24-14-12-23(13-15-24)26-20-37(21-34-26)28-25(11-8-16-33-28)29(38)35-27(19-22-9-6-5-7-10-22)31(30(32)39)40-17-18-41-31/h5-18,20-21,27H,3-4,19H2,1-2H3,(H2,32,39)(H,35,38). The highest BCUT2D eigenvalue weighted by molar-refractivity contribution is 5.98.